The summed E-state index contributed by atoms with van der Waals surface area (Å²) in [6, 6.07) is 0.236. The monoisotopic (exact) mass is 235 g/mol. The molecule has 0 bridgehead atoms. The molecule has 1 fully saturated rings. The summed E-state index contributed by atoms with van der Waals surface area (Å²) in [5.74, 6) is 0. The summed E-state index contributed by atoms with van der Waals surface area (Å²) in [6.45, 7) is 5.88. The summed E-state index contributed by atoms with van der Waals surface area (Å²) in [5, 5.41) is 6.56. The molecule has 15 heavy (non-hydrogen) atoms. The molecule has 1 heterocycles. The van der Waals surface area contributed by atoms with Gasteiger partial charge in [0.2, 0.25) is 10.0 Å². The maximum atomic E-state index is 11.5. The maximum absolute atomic E-state index is 11.5. The van der Waals surface area contributed by atoms with Crippen molar-refractivity contribution in [1.29, 1.82) is 0 Å². The molecule has 1 aliphatic rings. The Morgan fingerprint density at radius 2 is 2.13 bits per heavy atom. The number of hydrogen-bond acceptors (Lipinski definition) is 4. The van der Waals surface area contributed by atoms with Crippen LogP contribution in [0.3, 0.4) is 0 Å². The van der Waals surface area contributed by atoms with Gasteiger partial charge in [-0.3, -0.25) is 0 Å². The SMILES string of the molecule is CCCN(C[C@H]1CNCCN1)S(C)(=O)=O. The standard InChI is InChI=1S/C9H21N3O2S/c1-3-6-12(15(2,13)14)8-9-7-10-4-5-11-9/h9-11H,3-8H2,1-2H3/t9-/m1/s1. The molecule has 0 unspecified atom stereocenters. The predicted octanol–water partition coefficient (Wildman–Crippen LogP) is -0.781. The highest BCUT2D eigenvalue weighted by atomic mass is 32.2. The van der Waals surface area contributed by atoms with Crippen LogP contribution in [0.15, 0.2) is 0 Å². The third kappa shape index (κ3) is 4.46. The van der Waals surface area contributed by atoms with Crippen molar-refractivity contribution in [2.45, 2.75) is 19.4 Å². The van der Waals surface area contributed by atoms with Crippen LogP contribution in [0.4, 0.5) is 0 Å². The van der Waals surface area contributed by atoms with Crippen LogP contribution in [-0.4, -0.2) is 57.7 Å². The Morgan fingerprint density at radius 3 is 2.60 bits per heavy atom. The second kappa shape index (κ2) is 5.79. The molecule has 0 spiro atoms. The van der Waals surface area contributed by atoms with Crippen LogP contribution >= 0.6 is 0 Å². The van der Waals surface area contributed by atoms with E-state index in [1.807, 2.05) is 6.92 Å². The van der Waals surface area contributed by atoms with Crippen LogP contribution in [0, 0.1) is 0 Å². The smallest absolute Gasteiger partial charge is 0.211 e. The van der Waals surface area contributed by atoms with Crippen molar-refractivity contribution >= 4 is 10.0 Å². The predicted molar refractivity (Wildman–Crippen MR) is 61.4 cm³/mol. The summed E-state index contributed by atoms with van der Waals surface area (Å²) < 4.78 is 24.5. The van der Waals surface area contributed by atoms with Gasteiger partial charge in [-0.1, -0.05) is 6.92 Å². The van der Waals surface area contributed by atoms with E-state index in [0.717, 1.165) is 26.1 Å². The first-order valence-electron chi connectivity index (χ1n) is 5.43. The van der Waals surface area contributed by atoms with Crippen LogP contribution in [-0.2, 0) is 10.0 Å². The van der Waals surface area contributed by atoms with E-state index in [4.69, 9.17) is 0 Å². The van der Waals surface area contributed by atoms with E-state index in [2.05, 4.69) is 10.6 Å². The van der Waals surface area contributed by atoms with Gasteiger partial charge in [0.15, 0.2) is 0 Å². The molecule has 0 aliphatic carbocycles. The van der Waals surface area contributed by atoms with Crippen molar-refractivity contribution in [1.82, 2.24) is 14.9 Å². The van der Waals surface area contributed by atoms with Gasteiger partial charge in [-0.05, 0) is 6.42 Å². The molecule has 90 valence electrons. The molecule has 1 aliphatic heterocycles. The number of sulfonamides is 1. The Balaban J connectivity index is 2.50. The van der Waals surface area contributed by atoms with Gasteiger partial charge in [0.05, 0.1) is 6.26 Å². The van der Waals surface area contributed by atoms with Crippen LogP contribution < -0.4 is 10.6 Å². The van der Waals surface area contributed by atoms with Gasteiger partial charge >= 0.3 is 0 Å². The molecular weight excluding hydrogens is 214 g/mol. The maximum Gasteiger partial charge on any atom is 0.211 e. The van der Waals surface area contributed by atoms with Crippen molar-refractivity contribution in [2.24, 2.45) is 0 Å². The van der Waals surface area contributed by atoms with Crippen molar-refractivity contribution < 1.29 is 8.42 Å². The summed E-state index contributed by atoms with van der Waals surface area (Å²) in [5.41, 5.74) is 0. The van der Waals surface area contributed by atoms with E-state index in [9.17, 15) is 8.42 Å². The summed E-state index contributed by atoms with van der Waals surface area (Å²) in [7, 11) is -3.06. The fraction of sp³-hybridized carbons (Fsp3) is 1.00. The zero-order valence-corrected chi connectivity index (χ0v) is 10.3. The van der Waals surface area contributed by atoms with Crippen molar-refractivity contribution in [2.75, 3.05) is 39.0 Å². The number of nitrogens with one attached hydrogen (secondary N) is 2. The van der Waals surface area contributed by atoms with Crippen LogP contribution in [0.5, 0.6) is 0 Å². The average Bonchev–Trinajstić information content (AvgIpc) is 2.17. The third-order valence-corrected chi connectivity index (χ3v) is 3.76. The first kappa shape index (κ1) is 12.9. The van der Waals surface area contributed by atoms with E-state index in [1.54, 1.807) is 4.31 Å². The molecule has 2 N–H and O–H groups in total. The van der Waals surface area contributed by atoms with Gasteiger partial charge in [0.25, 0.3) is 0 Å². The molecular formula is C9H21N3O2S. The number of piperazine rings is 1. The summed E-state index contributed by atoms with van der Waals surface area (Å²) in [6.07, 6.45) is 2.13. The molecule has 0 aromatic rings. The summed E-state index contributed by atoms with van der Waals surface area (Å²) >= 11 is 0. The highest BCUT2D eigenvalue weighted by Crippen LogP contribution is 2.02. The molecule has 0 saturated carbocycles. The Kier molecular flexibility index (Phi) is 4.98. The molecule has 5 nitrogen and oxygen atoms in total. The molecule has 6 heteroatoms. The second-order valence-electron chi connectivity index (χ2n) is 3.98. The molecule has 1 saturated heterocycles. The van der Waals surface area contributed by atoms with Gasteiger partial charge in [-0.15, -0.1) is 0 Å². The van der Waals surface area contributed by atoms with Crippen LogP contribution in [0.25, 0.3) is 0 Å². The van der Waals surface area contributed by atoms with Gasteiger partial charge in [0.1, 0.15) is 0 Å². The molecule has 0 amide bonds. The van der Waals surface area contributed by atoms with Crippen molar-refractivity contribution in [3.63, 3.8) is 0 Å². The van der Waals surface area contributed by atoms with Gasteiger partial charge in [-0.25, -0.2) is 12.7 Å². The number of rotatable bonds is 5. The Hall–Kier alpha value is -0.170. The molecule has 1 atom stereocenters. The first-order chi connectivity index (χ1) is 7.04. The fourth-order valence-corrected chi connectivity index (χ4v) is 2.69. The lowest BCUT2D eigenvalue weighted by atomic mass is 10.2. The largest absolute Gasteiger partial charge is 0.314 e. The Labute approximate surface area is 92.3 Å². The highest BCUT2D eigenvalue weighted by Gasteiger charge is 2.21. The molecule has 0 aromatic heterocycles. The first-order valence-corrected chi connectivity index (χ1v) is 7.28. The Bertz CT molecular complexity index is 273. The number of nitrogens with zero attached hydrogens (tertiary/aromatic N) is 1. The zero-order chi connectivity index (χ0) is 11.3. The quantitative estimate of drug-likeness (QED) is 0.656. The van der Waals surface area contributed by atoms with E-state index < -0.39 is 10.0 Å². The zero-order valence-electron chi connectivity index (χ0n) is 9.49. The summed E-state index contributed by atoms with van der Waals surface area (Å²) in [4.78, 5) is 0. The van der Waals surface area contributed by atoms with Gasteiger partial charge in [0, 0.05) is 38.8 Å². The lowest BCUT2D eigenvalue weighted by Crippen LogP contribution is -2.54. The molecule has 0 aromatic carbocycles. The van der Waals surface area contributed by atoms with Crippen molar-refractivity contribution in [3.05, 3.63) is 0 Å². The van der Waals surface area contributed by atoms with E-state index in [0.29, 0.717) is 13.1 Å². The normalized spacial score (nSPS) is 23.3. The van der Waals surface area contributed by atoms with E-state index >= 15 is 0 Å². The lowest BCUT2D eigenvalue weighted by molar-refractivity contribution is 0.324. The minimum absolute atomic E-state index is 0.236. The Morgan fingerprint density at radius 1 is 1.40 bits per heavy atom. The minimum Gasteiger partial charge on any atom is -0.314 e. The topological polar surface area (TPSA) is 61.4 Å². The highest BCUT2D eigenvalue weighted by molar-refractivity contribution is 7.88. The van der Waals surface area contributed by atoms with Gasteiger partial charge in [-0.2, -0.15) is 0 Å². The minimum atomic E-state index is -3.06. The van der Waals surface area contributed by atoms with Crippen LogP contribution in [0.2, 0.25) is 0 Å². The van der Waals surface area contributed by atoms with E-state index in [1.165, 1.54) is 6.26 Å². The second-order valence-corrected chi connectivity index (χ2v) is 5.96. The lowest BCUT2D eigenvalue weighted by Gasteiger charge is -2.29. The van der Waals surface area contributed by atoms with Gasteiger partial charge < -0.3 is 10.6 Å². The number of hydrogen-bond donors (Lipinski definition) is 2. The molecule has 0 radical (unpaired) electrons. The van der Waals surface area contributed by atoms with Crippen LogP contribution in [0.1, 0.15) is 13.3 Å². The third-order valence-electron chi connectivity index (χ3n) is 2.49. The average molecular weight is 235 g/mol. The molecule has 1 rings (SSSR count). The fourth-order valence-electron chi connectivity index (χ4n) is 1.73. The van der Waals surface area contributed by atoms with E-state index in [-0.39, 0.29) is 6.04 Å². The van der Waals surface area contributed by atoms with Crippen molar-refractivity contribution in [3.8, 4) is 0 Å².